The Morgan fingerprint density at radius 1 is 1.35 bits per heavy atom. The van der Waals surface area contributed by atoms with Crippen LogP contribution < -0.4 is 0 Å². The van der Waals surface area contributed by atoms with E-state index in [-0.39, 0.29) is 17.7 Å². The van der Waals surface area contributed by atoms with Crippen LogP contribution in [-0.2, 0) is 11.3 Å². The van der Waals surface area contributed by atoms with Crippen LogP contribution in [0.1, 0.15) is 28.5 Å². The number of aromatic nitrogens is 3. The van der Waals surface area contributed by atoms with Gasteiger partial charge in [-0.05, 0) is 18.6 Å². The summed E-state index contributed by atoms with van der Waals surface area (Å²) in [5.74, 6) is -2.00. The second-order valence-corrected chi connectivity index (χ2v) is 5.75. The van der Waals surface area contributed by atoms with E-state index in [1.807, 2.05) is 0 Å². The van der Waals surface area contributed by atoms with Gasteiger partial charge >= 0.3 is 0 Å². The lowest BCUT2D eigenvalue weighted by molar-refractivity contribution is -0.0605. The molecule has 4 rings (SSSR count). The van der Waals surface area contributed by atoms with Gasteiger partial charge in [-0.1, -0.05) is 5.21 Å². The molecule has 23 heavy (non-hydrogen) atoms. The smallest absolute Gasteiger partial charge is 0.256 e. The molecule has 1 amide bonds. The molecule has 120 valence electrons. The molecule has 8 heteroatoms. The SMILES string of the molecule is O=C(c1ccc(F)cc1F)N1CCC2OCc3cnnn3C2C1. The fraction of sp³-hybridized carbons (Fsp3) is 0.400. The lowest BCUT2D eigenvalue weighted by Crippen LogP contribution is -2.50. The van der Waals surface area contributed by atoms with Crippen LogP contribution >= 0.6 is 0 Å². The Morgan fingerprint density at radius 3 is 3.04 bits per heavy atom. The van der Waals surface area contributed by atoms with Gasteiger partial charge in [0.15, 0.2) is 0 Å². The zero-order valence-corrected chi connectivity index (χ0v) is 12.2. The molecule has 1 saturated heterocycles. The molecular weight excluding hydrogens is 306 g/mol. The molecule has 2 aliphatic rings. The summed E-state index contributed by atoms with van der Waals surface area (Å²) in [6.45, 7) is 1.27. The first-order valence-corrected chi connectivity index (χ1v) is 7.38. The molecule has 3 heterocycles. The highest BCUT2D eigenvalue weighted by Gasteiger charge is 2.38. The number of halogens is 2. The van der Waals surface area contributed by atoms with E-state index in [0.29, 0.717) is 26.1 Å². The number of rotatable bonds is 1. The number of amides is 1. The van der Waals surface area contributed by atoms with E-state index >= 15 is 0 Å². The summed E-state index contributed by atoms with van der Waals surface area (Å²) < 4.78 is 34.4. The summed E-state index contributed by atoms with van der Waals surface area (Å²) in [7, 11) is 0. The van der Waals surface area contributed by atoms with Crippen LogP contribution in [0.3, 0.4) is 0 Å². The first-order valence-electron chi connectivity index (χ1n) is 7.38. The Morgan fingerprint density at radius 2 is 2.22 bits per heavy atom. The van der Waals surface area contributed by atoms with Gasteiger partial charge in [-0.2, -0.15) is 0 Å². The maximum Gasteiger partial charge on any atom is 0.256 e. The largest absolute Gasteiger partial charge is 0.370 e. The average Bonchev–Trinajstić information content (AvgIpc) is 3.03. The van der Waals surface area contributed by atoms with Crippen molar-refractivity contribution in [1.29, 1.82) is 0 Å². The number of hydrogen-bond donors (Lipinski definition) is 0. The Balaban J connectivity index is 1.59. The summed E-state index contributed by atoms with van der Waals surface area (Å²) in [5.41, 5.74) is 0.730. The van der Waals surface area contributed by atoms with E-state index in [9.17, 15) is 13.6 Å². The summed E-state index contributed by atoms with van der Waals surface area (Å²) in [6, 6.07) is 2.85. The minimum atomic E-state index is -0.849. The minimum absolute atomic E-state index is 0.0358. The third-order valence-electron chi connectivity index (χ3n) is 4.38. The average molecular weight is 320 g/mol. The number of carbonyl (C=O) groups is 1. The van der Waals surface area contributed by atoms with Crippen molar-refractivity contribution < 1.29 is 18.3 Å². The summed E-state index contributed by atoms with van der Waals surface area (Å²) in [5, 5.41) is 7.94. The van der Waals surface area contributed by atoms with Gasteiger partial charge in [-0.3, -0.25) is 4.79 Å². The molecule has 0 radical (unpaired) electrons. The van der Waals surface area contributed by atoms with Gasteiger partial charge in [0.1, 0.15) is 11.6 Å². The van der Waals surface area contributed by atoms with E-state index in [1.165, 1.54) is 6.07 Å². The van der Waals surface area contributed by atoms with Crippen molar-refractivity contribution in [2.45, 2.75) is 25.2 Å². The highest BCUT2D eigenvalue weighted by molar-refractivity contribution is 5.94. The zero-order chi connectivity index (χ0) is 16.0. The monoisotopic (exact) mass is 320 g/mol. The molecule has 0 N–H and O–H groups in total. The van der Waals surface area contributed by atoms with Crippen molar-refractivity contribution >= 4 is 5.91 Å². The molecule has 1 aromatic carbocycles. The predicted molar refractivity (Wildman–Crippen MR) is 74.5 cm³/mol. The fourth-order valence-electron chi connectivity index (χ4n) is 3.20. The van der Waals surface area contributed by atoms with Crippen molar-refractivity contribution in [1.82, 2.24) is 19.9 Å². The van der Waals surface area contributed by atoms with E-state index in [1.54, 1.807) is 15.8 Å². The van der Waals surface area contributed by atoms with Gasteiger partial charge in [0.05, 0.1) is 36.2 Å². The molecule has 1 fully saturated rings. The van der Waals surface area contributed by atoms with Crippen LogP contribution in [-0.4, -0.2) is 45.0 Å². The number of hydrogen-bond acceptors (Lipinski definition) is 4. The van der Waals surface area contributed by atoms with E-state index in [4.69, 9.17) is 4.74 Å². The molecule has 2 atom stereocenters. The molecule has 2 unspecified atom stereocenters. The highest BCUT2D eigenvalue weighted by Crippen LogP contribution is 2.30. The number of likely N-dealkylation sites (tertiary alicyclic amines) is 1. The Labute approximate surface area is 130 Å². The van der Waals surface area contributed by atoms with Gasteiger partial charge in [-0.15, -0.1) is 5.10 Å². The molecule has 2 aliphatic heterocycles. The molecule has 6 nitrogen and oxygen atoms in total. The lowest BCUT2D eigenvalue weighted by atomic mass is 9.99. The van der Waals surface area contributed by atoms with Crippen LogP contribution in [0.4, 0.5) is 8.78 Å². The number of benzene rings is 1. The van der Waals surface area contributed by atoms with Crippen LogP contribution in [0.5, 0.6) is 0 Å². The van der Waals surface area contributed by atoms with Gasteiger partial charge in [0.25, 0.3) is 5.91 Å². The number of nitrogens with zero attached hydrogens (tertiary/aromatic N) is 4. The normalized spacial score (nSPS) is 23.3. The van der Waals surface area contributed by atoms with Crippen molar-refractivity contribution in [3.63, 3.8) is 0 Å². The lowest BCUT2D eigenvalue weighted by Gasteiger charge is -2.41. The summed E-state index contributed by atoms with van der Waals surface area (Å²) >= 11 is 0. The van der Waals surface area contributed by atoms with Gasteiger partial charge in [0, 0.05) is 19.2 Å². The maximum absolute atomic E-state index is 13.8. The van der Waals surface area contributed by atoms with Crippen LogP contribution in [0.2, 0.25) is 0 Å². The standard InChI is InChI=1S/C15H14F2N4O2/c16-9-1-2-11(12(17)5-9)15(22)20-4-3-14-13(7-20)21-10(8-23-14)6-18-19-21/h1-2,5-6,13-14H,3-4,7-8H2. The Kier molecular flexibility index (Phi) is 3.33. The first-order chi connectivity index (χ1) is 11.1. The molecule has 1 aromatic heterocycles. The molecule has 0 spiro atoms. The molecule has 2 aromatic rings. The fourth-order valence-corrected chi connectivity index (χ4v) is 3.20. The van der Waals surface area contributed by atoms with Crippen LogP contribution in [0, 0.1) is 11.6 Å². The molecular formula is C15H14F2N4O2. The van der Waals surface area contributed by atoms with Crippen molar-refractivity contribution in [2.75, 3.05) is 13.1 Å². The molecule has 0 saturated carbocycles. The van der Waals surface area contributed by atoms with Gasteiger partial charge in [0.2, 0.25) is 0 Å². The summed E-state index contributed by atoms with van der Waals surface area (Å²) in [4.78, 5) is 14.1. The number of piperidine rings is 1. The number of carbonyl (C=O) groups excluding carboxylic acids is 1. The third-order valence-corrected chi connectivity index (χ3v) is 4.38. The van der Waals surface area contributed by atoms with E-state index in [0.717, 1.165) is 17.8 Å². The Bertz CT molecular complexity index is 764. The number of fused-ring (bicyclic) bond motifs is 3. The first kappa shape index (κ1) is 14.3. The maximum atomic E-state index is 13.8. The zero-order valence-electron chi connectivity index (χ0n) is 12.2. The van der Waals surface area contributed by atoms with E-state index in [2.05, 4.69) is 10.3 Å². The number of ether oxygens (including phenoxy) is 1. The quantitative estimate of drug-likeness (QED) is 0.800. The van der Waals surface area contributed by atoms with Crippen molar-refractivity contribution in [3.05, 3.63) is 47.3 Å². The van der Waals surface area contributed by atoms with Crippen LogP contribution in [0.25, 0.3) is 0 Å². The highest BCUT2D eigenvalue weighted by atomic mass is 19.1. The molecule has 0 aliphatic carbocycles. The third kappa shape index (κ3) is 2.39. The van der Waals surface area contributed by atoms with Crippen LogP contribution in [0.15, 0.2) is 24.4 Å². The Hall–Kier alpha value is -2.35. The van der Waals surface area contributed by atoms with Crippen molar-refractivity contribution in [2.24, 2.45) is 0 Å². The van der Waals surface area contributed by atoms with Gasteiger partial charge in [-0.25, -0.2) is 13.5 Å². The second kappa shape index (κ2) is 5.38. The molecule has 0 bridgehead atoms. The minimum Gasteiger partial charge on any atom is -0.370 e. The summed E-state index contributed by atoms with van der Waals surface area (Å²) in [6.07, 6.45) is 2.24. The van der Waals surface area contributed by atoms with Gasteiger partial charge < -0.3 is 9.64 Å². The second-order valence-electron chi connectivity index (χ2n) is 5.75. The van der Waals surface area contributed by atoms with Crippen molar-refractivity contribution in [3.8, 4) is 0 Å². The van der Waals surface area contributed by atoms with E-state index < -0.39 is 17.5 Å². The predicted octanol–water partition coefficient (Wildman–Crippen LogP) is 1.54. The topological polar surface area (TPSA) is 60.3 Å².